The first-order valence-electron chi connectivity index (χ1n) is 6.54. The van der Waals surface area contributed by atoms with Gasteiger partial charge in [-0.25, -0.2) is 0 Å². The summed E-state index contributed by atoms with van der Waals surface area (Å²) in [5.41, 5.74) is 0. The van der Waals surface area contributed by atoms with E-state index in [9.17, 15) is 0 Å². The molecule has 14 heteroatoms. The topological polar surface area (TPSA) is 0 Å². The third-order valence-corrected chi connectivity index (χ3v) is 19.7. The lowest BCUT2D eigenvalue weighted by atomic mass is 10.5. The van der Waals surface area contributed by atoms with E-state index >= 15 is 0 Å². The van der Waals surface area contributed by atoms with Gasteiger partial charge < -0.3 is 0 Å². The Balaban J connectivity index is 2.60. The van der Waals surface area contributed by atoms with Crippen molar-refractivity contribution in [3.8, 4) is 0 Å². The molecule has 5 atom stereocenters. The number of hydrogen-bond acceptors (Lipinski definition) is 14. The van der Waals surface area contributed by atoms with Gasteiger partial charge in [-0.15, -0.1) is 58.8 Å². The number of hydrogen-bond donors (Lipinski definition) is 5. The van der Waals surface area contributed by atoms with E-state index in [0.29, 0.717) is 23.6 Å². The molecule has 1 aliphatic heterocycles. The highest BCUT2D eigenvalue weighted by Gasteiger charge is 2.35. The van der Waals surface area contributed by atoms with Crippen molar-refractivity contribution >= 4 is 163 Å². The molecule has 5 unspecified atom stereocenters. The van der Waals surface area contributed by atoms with Gasteiger partial charge in [0.1, 0.15) is 0 Å². The lowest BCUT2D eigenvalue weighted by Crippen LogP contribution is -2.24. The zero-order chi connectivity index (χ0) is 17.8. The Labute approximate surface area is 210 Å². The highest BCUT2D eigenvalue weighted by Crippen LogP contribution is 2.54. The minimum Gasteiger partial charge on any atom is -0.178 e. The second-order valence-corrected chi connectivity index (χ2v) is 19.7. The van der Waals surface area contributed by atoms with Gasteiger partial charge in [-0.05, 0) is 9.83 Å². The zero-order valence-electron chi connectivity index (χ0n) is 12.3. The van der Waals surface area contributed by atoms with Crippen LogP contribution < -0.4 is 0 Å². The fourth-order valence-corrected chi connectivity index (χ4v) is 19.4. The molecule has 0 radical (unpaired) electrons. The molecule has 0 bridgehead atoms. The summed E-state index contributed by atoms with van der Waals surface area (Å²) in [5.74, 6) is 1.77. The molecule has 0 aromatic rings. The van der Waals surface area contributed by atoms with Crippen molar-refractivity contribution in [2.24, 2.45) is 0 Å². The number of thioether (sulfide) groups is 5. The third-order valence-electron chi connectivity index (χ3n) is 2.52. The first-order chi connectivity index (χ1) is 11.7. The van der Waals surface area contributed by atoms with Gasteiger partial charge in [-0.3, -0.25) is 0 Å². The molecule has 1 aliphatic rings. The van der Waals surface area contributed by atoms with Crippen LogP contribution in [0.4, 0.5) is 0 Å². The van der Waals surface area contributed by atoms with Crippen LogP contribution in [-0.2, 0) is 0 Å². The van der Waals surface area contributed by atoms with E-state index in [1.807, 2.05) is 45.1 Å². The van der Waals surface area contributed by atoms with Crippen LogP contribution >= 0.6 is 163 Å². The van der Waals surface area contributed by atoms with Gasteiger partial charge in [0, 0.05) is 32.0 Å². The van der Waals surface area contributed by atoms with E-state index in [1.54, 1.807) is 10.8 Å². The highest BCUT2D eigenvalue weighted by atomic mass is 33.5. The van der Waals surface area contributed by atoms with Crippen molar-refractivity contribution in [2.45, 2.75) is 23.6 Å². The largest absolute Gasteiger partial charge is 0.178 e. The zero-order valence-corrected chi connectivity index (χ0v) is 24.2. The van der Waals surface area contributed by atoms with E-state index in [1.165, 1.54) is 14.9 Å². The van der Waals surface area contributed by atoms with Crippen molar-refractivity contribution in [1.82, 2.24) is 0 Å². The Hall–Kier alpha value is 4.90. The van der Waals surface area contributed by atoms with Crippen molar-refractivity contribution < 1.29 is 0 Å². The summed E-state index contributed by atoms with van der Waals surface area (Å²) in [6, 6.07) is 0. The van der Waals surface area contributed by atoms with Gasteiger partial charge in [0.25, 0.3) is 0 Å². The molecule has 0 aromatic carbocycles. The summed E-state index contributed by atoms with van der Waals surface area (Å²) >= 11 is 32.3. The van der Waals surface area contributed by atoms with Crippen LogP contribution in [0.1, 0.15) is 0 Å². The molecule has 24 heavy (non-hydrogen) atoms. The van der Waals surface area contributed by atoms with Crippen molar-refractivity contribution in [3.63, 3.8) is 0 Å². The maximum Gasteiger partial charge on any atom is 0.0741 e. The molecule has 0 aliphatic carbocycles. The number of thiol groups is 5. The molecule has 0 amide bonds. The molecular formula is C10H20S14. The number of rotatable bonds is 14. The van der Waals surface area contributed by atoms with Gasteiger partial charge in [0.2, 0.25) is 0 Å². The average Bonchev–Trinajstić information content (AvgIpc) is 3.03. The standard InChI is InChI=1S/C10H20S14/c11-1-6(8(16-3-13)23-19-4-14)20-9-10(18-5-17-9)21-7(2-12)22-24-15/h6-15H,1-5H2. The predicted molar refractivity (Wildman–Crippen MR) is 157 cm³/mol. The maximum absolute atomic E-state index is 4.64. The summed E-state index contributed by atoms with van der Waals surface area (Å²) in [7, 11) is 7.08. The van der Waals surface area contributed by atoms with Gasteiger partial charge in [0.15, 0.2) is 0 Å². The lowest BCUT2D eigenvalue weighted by molar-refractivity contribution is 1.10. The van der Waals surface area contributed by atoms with Crippen LogP contribution in [0.25, 0.3) is 0 Å². The summed E-state index contributed by atoms with van der Waals surface area (Å²) in [6.07, 6.45) is 0. The average molecular weight is 589 g/mol. The molecule has 0 nitrogen and oxygen atoms in total. The molecule has 1 rings (SSSR count). The second-order valence-electron chi connectivity index (χ2n) is 3.97. The van der Waals surface area contributed by atoms with E-state index in [0.717, 1.165) is 21.7 Å². The molecule has 0 N–H and O–H groups in total. The minimum atomic E-state index is 0.487. The first-order valence-corrected chi connectivity index (χ1v) is 19.7. The van der Waals surface area contributed by atoms with Crippen LogP contribution in [0.15, 0.2) is 0 Å². The normalized spacial score (nSPS) is 24.9. The molecule has 144 valence electrons. The van der Waals surface area contributed by atoms with Crippen LogP contribution in [-0.4, -0.2) is 50.3 Å². The Morgan fingerprint density at radius 2 is 1.62 bits per heavy atom. The second kappa shape index (κ2) is 17.6. The lowest BCUT2D eigenvalue weighted by Gasteiger charge is -2.28. The molecule has 0 aromatic heterocycles. The van der Waals surface area contributed by atoms with Gasteiger partial charge in [-0.1, -0.05) is 44.0 Å². The van der Waals surface area contributed by atoms with E-state index in [4.69, 9.17) is 0 Å². The molecule has 1 fully saturated rings. The Bertz CT molecular complexity index is 305. The summed E-state index contributed by atoms with van der Waals surface area (Å²) in [4.78, 5) is 0. The van der Waals surface area contributed by atoms with Crippen LogP contribution in [0.3, 0.4) is 0 Å². The molecule has 1 heterocycles. The monoisotopic (exact) mass is 588 g/mol. The minimum absolute atomic E-state index is 0.487. The molecule has 1 saturated heterocycles. The van der Waals surface area contributed by atoms with E-state index in [-0.39, 0.29) is 0 Å². The summed E-state index contributed by atoms with van der Waals surface area (Å²) < 4.78 is 2.20. The van der Waals surface area contributed by atoms with Crippen molar-refractivity contribution in [2.75, 3.05) is 26.8 Å². The van der Waals surface area contributed by atoms with E-state index < -0.39 is 0 Å². The predicted octanol–water partition coefficient (Wildman–Crippen LogP) is 7.54. The van der Waals surface area contributed by atoms with Gasteiger partial charge >= 0.3 is 0 Å². The van der Waals surface area contributed by atoms with Crippen molar-refractivity contribution in [3.05, 3.63) is 0 Å². The smallest absolute Gasteiger partial charge is 0.0741 e. The quantitative estimate of drug-likeness (QED) is 0.0786. The van der Waals surface area contributed by atoms with Gasteiger partial charge in [-0.2, -0.15) is 50.5 Å². The van der Waals surface area contributed by atoms with E-state index in [2.05, 4.69) is 97.5 Å². The first kappa shape index (κ1) is 26.9. The Morgan fingerprint density at radius 3 is 2.17 bits per heavy atom. The highest BCUT2D eigenvalue weighted by molar-refractivity contribution is 9.06. The van der Waals surface area contributed by atoms with Crippen LogP contribution in [0.5, 0.6) is 0 Å². The van der Waals surface area contributed by atoms with Gasteiger partial charge in [0.05, 0.1) is 18.3 Å². The Morgan fingerprint density at radius 1 is 0.917 bits per heavy atom. The van der Waals surface area contributed by atoms with Crippen molar-refractivity contribution in [1.29, 1.82) is 0 Å². The third kappa shape index (κ3) is 10.8. The fraction of sp³-hybridized carbons (Fsp3) is 1.00. The molecule has 0 saturated carbocycles. The Kier molecular flexibility index (Phi) is 19.7. The molecule has 0 spiro atoms. The van der Waals surface area contributed by atoms with Crippen LogP contribution in [0, 0.1) is 0 Å². The van der Waals surface area contributed by atoms with Crippen LogP contribution in [0.2, 0.25) is 0 Å². The summed E-state index contributed by atoms with van der Waals surface area (Å²) in [5, 5.41) is 3.38. The molecular weight excluding hydrogens is 569 g/mol. The fourth-order valence-electron chi connectivity index (χ4n) is 1.56. The SMILES string of the molecule is SCSSC(SCS)C(CS)SC1SCSC1SC(CS)SSS. The summed E-state index contributed by atoms with van der Waals surface area (Å²) in [6.45, 7) is 0. The maximum atomic E-state index is 4.64.